The van der Waals surface area contributed by atoms with Gasteiger partial charge in [0, 0.05) is 0 Å². The topological polar surface area (TPSA) is 85.1 Å². The normalized spacial score (nSPS) is 12.3. The van der Waals surface area contributed by atoms with E-state index in [4.69, 9.17) is 17.3 Å². The van der Waals surface area contributed by atoms with Crippen LogP contribution in [-0.4, -0.2) is 22.8 Å². The van der Waals surface area contributed by atoms with Gasteiger partial charge in [-0.2, -0.15) is 0 Å². The highest BCUT2D eigenvalue weighted by molar-refractivity contribution is 6.32. The largest absolute Gasteiger partial charge is 0.368 e. The molecular weight excluding hydrogens is 261 g/mol. The summed E-state index contributed by atoms with van der Waals surface area (Å²) in [6, 6.07) is 0.0973. The second-order valence-electron chi connectivity index (χ2n) is 4.09. The highest BCUT2D eigenvalue weighted by Crippen LogP contribution is 2.14. The first-order valence-corrected chi connectivity index (χ1v) is 5.62. The van der Waals surface area contributed by atoms with Crippen molar-refractivity contribution in [2.24, 2.45) is 11.7 Å². The summed E-state index contributed by atoms with van der Waals surface area (Å²) in [7, 11) is 0. The Balaban J connectivity index is 2.94. The predicted octanol–water partition coefficient (Wildman–Crippen LogP) is 1.11. The molecule has 0 fully saturated rings. The van der Waals surface area contributed by atoms with E-state index >= 15 is 0 Å². The van der Waals surface area contributed by atoms with Crippen LogP contribution in [0.2, 0.25) is 5.15 Å². The van der Waals surface area contributed by atoms with Crippen molar-refractivity contribution in [3.05, 3.63) is 28.8 Å². The predicted molar refractivity (Wildman–Crippen MR) is 64.5 cm³/mol. The van der Waals surface area contributed by atoms with Gasteiger partial charge in [-0.05, 0) is 12.0 Å². The van der Waals surface area contributed by atoms with Gasteiger partial charge in [0.15, 0.2) is 0 Å². The van der Waals surface area contributed by atoms with Crippen LogP contribution in [-0.2, 0) is 4.79 Å². The lowest BCUT2D eigenvalue weighted by Gasteiger charge is -2.19. The third-order valence-corrected chi connectivity index (χ3v) is 2.61. The summed E-state index contributed by atoms with van der Waals surface area (Å²) in [5.41, 5.74) is 5.02. The van der Waals surface area contributed by atoms with Gasteiger partial charge in [0.05, 0.1) is 11.8 Å². The van der Waals surface area contributed by atoms with Gasteiger partial charge in [0.2, 0.25) is 5.91 Å². The number of pyridine rings is 1. The third-order valence-electron chi connectivity index (χ3n) is 2.31. The molecule has 1 heterocycles. The zero-order chi connectivity index (χ0) is 13.9. The summed E-state index contributed by atoms with van der Waals surface area (Å²) in [4.78, 5) is 26.5. The Kier molecular flexibility index (Phi) is 4.61. The molecule has 0 aliphatic heterocycles. The van der Waals surface area contributed by atoms with E-state index in [1.54, 1.807) is 13.8 Å². The zero-order valence-corrected chi connectivity index (χ0v) is 10.7. The van der Waals surface area contributed by atoms with E-state index in [0.29, 0.717) is 0 Å². The van der Waals surface area contributed by atoms with Crippen LogP contribution < -0.4 is 11.1 Å². The number of halogens is 2. The number of nitrogens with zero attached hydrogens (tertiary/aromatic N) is 1. The molecule has 18 heavy (non-hydrogen) atoms. The molecule has 7 heteroatoms. The second-order valence-corrected chi connectivity index (χ2v) is 4.45. The maximum absolute atomic E-state index is 13.0. The van der Waals surface area contributed by atoms with Gasteiger partial charge in [-0.25, -0.2) is 9.37 Å². The summed E-state index contributed by atoms with van der Waals surface area (Å²) in [5, 5.41) is 2.26. The fraction of sp³-hybridized carbons (Fsp3) is 0.364. The maximum Gasteiger partial charge on any atom is 0.255 e. The van der Waals surface area contributed by atoms with E-state index in [0.717, 1.165) is 12.3 Å². The van der Waals surface area contributed by atoms with Crippen molar-refractivity contribution in [1.82, 2.24) is 10.3 Å². The molecule has 1 aromatic rings. The molecule has 0 aliphatic carbocycles. The van der Waals surface area contributed by atoms with E-state index < -0.39 is 23.7 Å². The van der Waals surface area contributed by atoms with Crippen LogP contribution in [0.1, 0.15) is 24.2 Å². The number of hydrogen-bond donors (Lipinski definition) is 2. The van der Waals surface area contributed by atoms with Crippen LogP contribution in [0.5, 0.6) is 0 Å². The first-order chi connectivity index (χ1) is 8.32. The van der Waals surface area contributed by atoms with Crippen LogP contribution >= 0.6 is 11.6 Å². The summed E-state index contributed by atoms with van der Waals surface area (Å²) < 4.78 is 13.0. The zero-order valence-electron chi connectivity index (χ0n) is 9.91. The molecule has 1 atom stereocenters. The Morgan fingerprint density at radius 3 is 2.61 bits per heavy atom. The fourth-order valence-electron chi connectivity index (χ4n) is 1.37. The molecule has 0 aromatic carbocycles. The van der Waals surface area contributed by atoms with E-state index in [1.807, 2.05) is 0 Å². The average Bonchev–Trinajstić information content (AvgIpc) is 2.28. The van der Waals surface area contributed by atoms with Crippen molar-refractivity contribution in [2.45, 2.75) is 19.9 Å². The highest BCUT2D eigenvalue weighted by atomic mass is 35.5. The number of rotatable bonds is 4. The van der Waals surface area contributed by atoms with Crippen molar-refractivity contribution in [3.8, 4) is 0 Å². The number of primary amides is 1. The third kappa shape index (κ3) is 3.40. The minimum Gasteiger partial charge on any atom is -0.368 e. The molecular formula is C11H13ClFN3O2. The molecule has 3 N–H and O–H groups in total. The summed E-state index contributed by atoms with van der Waals surface area (Å²) >= 11 is 5.68. The number of nitrogens with two attached hydrogens (primary N) is 1. The van der Waals surface area contributed by atoms with Gasteiger partial charge in [0.25, 0.3) is 5.91 Å². The van der Waals surface area contributed by atoms with Crippen LogP contribution in [0.3, 0.4) is 0 Å². The standard InChI is InChI=1S/C11H13ClFN3O2/c1-5(2)8(10(14)17)16-11(18)7-3-6(13)4-15-9(7)12/h3-5,8H,1-2H3,(H2,14,17)(H,16,18). The summed E-state index contributed by atoms with van der Waals surface area (Å²) in [5.74, 6) is -2.24. The molecule has 0 saturated heterocycles. The Morgan fingerprint density at radius 2 is 2.11 bits per heavy atom. The molecule has 5 nitrogen and oxygen atoms in total. The van der Waals surface area contributed by atoms with Crippen molar-refractivity contribution < 1.29 is 14.0 Å². The number of amides is 2. The quantitative estimate of drug-likeness (QED) is 0.806. The first kappa shape index (κ1) is 14.4. The monoisotopic (exact) mass is 273 g/mol. The van der Waals surface area contributed by atoms with E-state index in [-0.39, 0.29) is 16.6 Å². The fourth-order valence-corrected chi connectivity index (χ4v) is 1.56. The second kappa shape index (κ2) is 5.77. The summed E-state index contributed by atoms with van der Waals surface area (Å²) in [6.07, 6.45) is 0.896. The Hall–Kier alpha value is -1.69. The average molecular weight is 274 g/mol. The summed E-state index contributed by atoms with van der Waals surface area (Å²) in [6.45, 7) is 3.45. The SMILES string of the molecule is CC(C)C(NC(=O)c1cc(F)cnc1Cl)C(N)=O. The van der Waals surface area contributed by atoms with Gasteiger partial charge >= 0.3 is 0 Å². The molecule has 1 rings (SSSR count). The van der Waals surface area contributed by atoms with Crippen molar-refractivity contribution in [3.63, 3.8) is 0 Å². The molecule has 0 spiro atoms. The minimum absolute atomic E-state index is 0.136. The van der Waals surface area contributed by atoms with Crippen molar-refractivity contribution in [1.29, 1.82) is 0 Å². The number of hydrogen-bond acceptors (Lipinski definition) is 3. The molecule has 98 valence electrons. The van der Waals surface area contributed by atoms with Crippen LogP contribution in [0.4, 0.5) is 4.39 Å². The van der Waals surface area contributed by atoms with Gasteiger partial charge in [-0.1, -0.05) is 25.4 Å². The van der Waals surface area contributed by atoms with Gasteiger partial charge in [-0.3, -0.25) is 9.59 Å². The molecule has 0 radical (unpaired) electrons. The van der Waals surface area contributed by atoms with E-state index in [1.165, 1.54) is 0 Å². The molecule has 0 aliphatic rings. The van der Waals surface area contributed by atoms with Crippen LogP contribution in [0, 0.1) is 11.7 Å². The smallest absolute Gasteiger partial charge is 0.255 e. The lowest BCUT2D eigenvalue weighted by atomic mass is 10.0. The Labute approximate surface area is 109 Å². The lowest BCUT2D eigenvalue weighted by molar-refractivity contribution is -0.120. The first-order valence-electron chi connectivity index (χ1n) is 5.24. The molecule has 0 bridgehead atoms. The van der Waals surface area contributed by atoms with Crippen LogP contribution in [0.25, 0.3) is 0 Å². The number of nitrogens with one attached hydrogen (secondary N) is 1. The van der Waals surface area contributed by atoms with E-state index in [9.17, 15) is 14.0 Å². The van der Waals surface area contributed by atoms with Crippen LogP contribution in [0.15, 0.2) is 12.3 Å². The number of carbonyl (C=O) groups excluding carboxylic acids is 2. The van der Waals surface area contributed by atoms with Gasteiger partial charge in [0.1, 0.15) is 17.0 Å². The Bertz CT molecular complexity index is 479. The number of aromatic nitrogens is 1. The van der Waals surface area contributed by atoms with Gasteiger partial charge in [-0.15, -0.1) is 0 Å². The van der Waals surface area contributed by atoms with Crippen molar-refractivity contribution >= 4 is 23.4 Å². The lowest BCUT2D eigenvalue weighted by Crippen LogP contribution is -2.47. The molecule has 1 unspecified atom stereocenters. The van der Waals surface area contributed by atoms with Gasteiger partial charge < -0.3 is 11.1 Å². The minimum atomic E-state index is -0.850. The Morgan fingerprint density at radius 1 is 1.50 bits per heavy atom. The molecule has 0 saturated carbocycles. The molecule has 1 aromatic heterocycles. The molecule has 2 amide bonds. The highest BCUT2D eigenvalue weighted by Gasteiger charge is 2.23. The number of carbonyl (C=O) groups is 2. The maximum atomic E-state index is 13.0. The van der Waals surface area contributed by atoms with E-state index in [2.05, 4.69) is 10.3 Å². The van der Waals surface area contributed by atoms with Crippen molar-refractivity contribution in [2.75, 3.05) is 0 Å².